The quantitative estimate of drug-likeness (QED) is 0.762. The summed E-state index contributed by atoms with van der Waals surface area (Å²) in [6, 6.07) is -0.482. The fourth-order valence-electron chi connectivity index (χ4n) is 2.55. The predicted molar refractivity (Wildman–Crippen MR) is 102 cm³/mol. The number of amides is 2. The molecule has 0 aliphatic carbocycles. The van der Waals surface area contributed by atoms with E-state index < -0.39 is 39.5 Å². The number of piperazine rings is 1. The summed E-state index contributed by atoms with van der Waals surface area (Å²) in [4.78, 5) is 27.9. The van der Waals surface area contributed by atoms with E-state index in [4.69, 9.17) is 9.47 Å². The molecule has 0 aromatic rings. The van der Waals surface area contributed by atoms with Crippen molar-refractivity contribution in [3.63, 3.8) is 0 Å². The summed E-state index contributed by atoms with van der Waals surface area (Å²) >= 11 is 0. The lowest BCUT2D eigenvalue weighted by Gasteiger charge is -2.41. The summed E-state index contributed by atoms with van der Waals surface area (Å²) < 4.78 is 36.7. The van der Waals surface area contributed by atoms with Crippen molar-refractivity contribution < 1.29 is 27.5 Å². The van der Waals surface area contributed by atoms with Gasteiger partial charge in [-0.1, -0.05) is 0 Å². The predicted octanol–water partition coefficient (Wildman–Crippen LogP) is 1.78. The molecule has 0 spiro atoms. The molecule has 10 heteroatoms. The molecule has 1 aliphatic rings. The minimum Gasteiger partial charge on any atom is -0.444 e. The Bertz CT molecular complexity index is 636. The normalized spacial score (nSPS) is 19.0. The Kier molecular flexibility index (Phi) is 7.52. The monoisotopic (exact) mass is 407 g/mol. The summed E-state index contributed by atoms with van der Waals surface area (Å²) in [5.74, 6) is -0.157. The Morgan fingerprint density at radius 1 is 1.00 bits per heavy atom. The maximum absolute atomic E-state index is 12.5. The van der Waals surface area contributed by atoms with E-state index in [1.165, 1.54) is 16.8 Å². The number of rotatable bonds is 4. The number of hydrogen-bond donors (Lipinski definition) is 1. The molecule has 1 fully saturated rings. The smallest absolute Gasteiger partial charge is 0.410 e. The van der Waals surface area contributed by atoms with E-state index in [2.05, 4.69) is 4.72 Å². The highest BCUT2D eigenvalue weighted by atomic mass is 32.2. The standard InChI is InChI=1S/C17H33N3O6S/c1-16(2,3)25-14(21)19-9-10-20(15(22)26-17(4,5)6)13(12-19)8-11-27(23,24)18-7/h13,18H,8-12H2,1-7H3. The highest BCUT2D eigenvalue weighted by Crippen LogP contribution is 2.20. The molecule has 27 heavy (non-hydrogen) atoms. The molecular formula is C17H33N3O6S. The van der Waals surface area contributed by atoms with Gasteiger partial charge in [0.2, 0.25) is 10.0 Å². The third-order valence-electron chi connectivity index (χ3n) is 3.79. The molecule has 9 nitrogen and oxygen atoms in total. The molecule has 0 radical (unpaired) electrons. The molecule has 158 valence electrons. The van der Waals surface area contributed by atoms with E-state index in [0.29, 0.717) is 6.54 Å². The van der Waals surface area contributed by atoms with Crippen molar-refractivity contribution >= 4 is 22.2 Å². The molecule has 1 aliphatic heterocycles. The first-order chi connectivity index (χ1) is 12.1. The Hall–Kier alpha value is -1.55. The molecule has 0 saturated carbocycles. The number of carbonyl (C=O) groups is 2. The average molecular weight is 408 g/mol. The van der Waals surface area contributed by atoms with Crippen LogP contribution in [0.3, 0.4) is 0 Å². The fraction of sp³-hybridized carbons (Fsp3) is 0.882. The third kappa shape index (κ3) is 8.34. The van der Waals surface area contributed by atoms with E-state index in [0.717, 1.165) is 0 Å². The summed E-state index contributed by atoms with van der Waals surface area (Å²) in [6.45, 7) is 11.4. The summed E-state index contributed by atoms with van der Waals surface area (Å²) in [5, 5.41) is 0. The molecule has 0 aromatic carbocycles. The van der Waals surface area contributed by atoms with Crippen LogP contribution < -0.4 is 4.72 Å². The number of carbonyl (C=O) groups excluding carboxylic acids is 2. The number of ether oxygens (including phenoxy) is 2. The van der Waals surface area contributed by atoms with Crippen LogP contribution in [0.2, 0.25) is 0 Å². The van der Waals surface area contributed by atoms with Crippen molar-refractivity contribution in [3.8, 4) is 0 Å². The first kappa shape index (κ1) is 23.5. The van der Waals surface area contributed by atoms with E-state index in [9.17, 15) is 18.0 Å². The highest BCUT2D eigenvalue weighted by Gasteiger charge is 2.36. The van der Waals surface area contributed by atoms with Crippen LogP contribution in [-0.4, -0.2) is 80.1 Å². The molecule has 0 bridgehead atoms. The van der Waals surface area contributed by atoms with Crippen LogP contribution in [-0.2, 0) is 19.5 Å². The lowest BCUT2D eigenvalue weighted by atomic mass is 10.1. The maximum atomic E-state index is 12.5. The van der Waals surface area contributed by atoms with Crippen LogP contribution in [0.15, 0.2) is 0 Å². The van der Waals surface area contributed by atoms with Crippen molar-refractivity contribution in [2.45, 2.75) is 65.2 Å². The Morgan fingerprint density at radius 3 is 2.00 bits per heavy atom. The van der Waals surface area contributed by atoms with E-state index in [-0.39, 0.29) is 25.3 Å². The van der Waals surface area contributed by atoms with Gasteiger partial charge in [-0.3, -0.25) is 0 Å². The fourth-order valence-corrected chi connectivity index (χ4v) is 3.34. The summed E-state index contributed by atoms with van der Waals surface area (Å²) in [6.07, 6.45) is -0.812. The summed E-state index contributed by atoms with van der Waals surface area (Å²) in [5.41, 5.74) is -1.30. The van der Waals surface area contributed by atoms with Gasteiger partial charge in [0, 0.05) is 19.6 Å². The topological polar surface area (TPSA) is 105 Å². The van der Waals surface area contributed by atoms with Crippen molar-refractivity contribution in [2.24, 2.45) is 0 Å². The van der Waals surface area contributed by atoms with Crippen molar-refractivity contribution in [3.05, 3.63) is 0 Å². The van der Waals surface area contributed by atoms with Crippen molar-refractivity contribution in [1.29, 1.82) is 0 Å². The van der Waals surface area contributed by atoms with Crippen LogP contribution in [0.5, 0.6) is 0 Å². The van der Waals surface area contributed by atoms with Gasteiger partial charge in [0.1, 0.15) is 11.2 Å². The number of hydrogen-bond acceptors (Lipinski definition) is 6. The SMILES string of the molecule is CNS(=O)(=O)CCC1CN(C(=O)OC(C)(C)C)CCN1C(=O)OC(C)(C)C. The van der Waals surface area contributed by atoms with Crippen LogP contribution in [0.25, 0.3) is 0 Å². The molecule has 1 rings (SSSR count). The largest absolute Gasteiger partial charge is 0.444 e. The third-order valence-corrected chi connectivity index (χ3v) is 5.19. The lowest BCUT2D eigenvalue weighted by molar-refractivity contribution is -0.0150. The van der Waals surface area contributed by atoms with Crippen LogP contribution in [0.4, 0.5) is 9.59 Å². The lowest BCUT2D eigenvalue weighted by Crippen LogP contribution is -2.58. The van der Waals surface area contributed by atoms with Crippen molar-refractivity contribution in [2.75, 3.05) is 32.4 Å². The van der Waals surface area contributed by atoms with Gasteiger partial charge in [-0.2, -0.15) is 0 Å². The van der Waals surface area contributed by atoms with Gasteiger partial charge < -0.3 is 19.3 Å². The number of sulfonamides is 1. The number of nitrogens with zero attached hydrogens (tertiary/aromatic N) is 2. The van der Waals surface area contributed by atoms with Crippen molar-refractivity contribution in [1.82, 2.24) is 14.5 Å². The number of nitrogens with one attached hydrogen (secondary N) is 1. The van der Waals surface area contributed by atoms with E-state index in [1.807, 2.05) is 0 Å². The zero-order valence-electron chi connectivity index (χ0n) is 17.4. The molecule has 2 amide bonds. The molecule has 1 heterocycles. The molecule has 1 N–H and O–H groups in total. The first-order valence-corrected chi connectivity index (χ1v) is 10.7. The second kappa shape index (κ2) is 8.64. The zero-order valence-corrected chi connectivity index (χ0v) is 18.2. The van der Waals surface area contributed by atoms with Gasteiger partial charge in [0.25, 0.3) is 0 Å². The van der Waals surface area contributed by atoms with Crippen LogP contribution >= 0.6 is 0 Å². The maximum Gasteiger partial charge on any atom is 0.410 e. The van der Waals surface area contributed by atoms with Gasteiger partial charge in [-0.25, -0.2) is 22.7 Å². The molecule has 1 saturated heterocycles. The van der Waals surface area contributed by atoms with Crippen LogP contribution in [0, 0.1) is 0 Å². The molecular weight excluding hydrogens is 374 g/mol. The summed E-state index contributed by atoms with van der Waals surface area (Å²) in [7, 11) is -2.09. The minimum atomic E-state index is -3.43. The Balaban J connectivity index is 2.91. The van der Waals surface area contributed by atoms with E-state index >= 15 is 0 Å². The second-order valence-corrected chi connectivity index (χ2v) is 10.6. The van der Waals surface area contributed by atoms with Gasteiger partial charge in [-0.15, -0.1) is 0 Å². The Labute approximate surface area is 162 Å². The first-order valence-electron chi connectivity index (χ1n) is 9.02. The van der Waals surface area contributed by atoms with Crippen LogP contribution in [0.1, 0.15) is 48.0 Å². The van der Waals surface area contributed by atoms with Gasteiger partial charge >= 0.3 is 12.2 Å². The molecule has 1 unspecified atom stereocenters. The second-order valence-electron chi connectivity index (χ2n) is 8.57. The van der Waals surface area contributed by atoms with Gasteiger partial charge in [0.05, 0.1) is 11.8 Å². The average Bonchev–Trinajstić information content (AvgIpc) is 2.49. The molecule has 1 atom stereocenters. The Morgan fingerprint density at radius 2 is 1.52 bits per heavy atom. The van der Waals surface area contributed by atoms with Gasteiger partial charge in [0.15, 0.2) is 0 Å². The molecule has 0 aromatic heterocycles. The van der Waals surface area contributed by atoms with E-state index in [1.54, 1.807) is 41.5 Å². The highest BCUT2D eigenvalue weighted by molar-refractivity contribution is 7.89. The van der Waals surface area contributed by atoms with Gasteiger partial charge in [-0.05, 0) is 55.0 Å². The zero-order chi connectivity index (χ0) is 21.0. The minimum absolute atomic E-state index is 0.157.